The predicted octanol–water partition coefficient (Wildman–Crippen LogP) is 4.70. The highest BCUT2D eigenvalue weighted by molar-refractivity contribution is 7.18. The molecule has 4 heteroatoms. The number of thiophene rings is 1. The lowest BCUT2D eigenvalue weighted by Crippen LogP contribution is -2.17. The number of aromatic nitrogens is 1. The summed E-state index contributed by atoms with van der Waals surface area (Å²) in [6.45, 7) is 5.25. The van der Waals surface area contributed by atoms with Crippen LogP contribution < -0.4 is 5.32 Å². The average Bonchev–Trinajstić information content (AvgIpc) is 3.05. The van der Waals surface area contributed by atoms with Crippen molar-refractivity contribution in [1.29, 1.82) is 0 Å². The summed E-state index contributed by atoms with van der Waals surface area (Å²) in [6, 6.07) is 8.84. The number of fused-ring (bicyclic) bond motifs is 1. The molecular weight excluding hydrogens is 272 g/mol. The summed E-state index contributed by atoms with van der Waals surface area (Å²) in [5.74, 6) is 0. The first kappa shape index (κ1) is 12.8. The van der Waals surface area contributed by atoms with Crippen LogP contribution in [-0.2, 0) is 0 Å². The van der Waals surface area contributed by atoms with Crippen LogP contribution in [0.2, 0.25) is 0 Å². The van der Waals surface area contributed by atoms with Gasteiger partial charge in [0, 0.05) is 32.5 Å². The van der Waals surface area contributed by atoms with Crippen LogP contribution >= 0.6 is 22.7 Å². The normalized spacial score (nSPS) is 12.9. The Hall–Kier alpha value is -1.23. The number of hydrogen-bond acceptors (Lipinski definition) is 4. The number of thiazole rings is 1. The summed E-state index contributed by atoms with van der Waals surface area (Å²) in [5, 5.41) is 10.2. The van der Waals surface area contributed by atoms with Gasteiger partial charge in [-0.25, -0.2) is 4.98 Å². The van der Waals surface area contributed by atoms with Gasteiger partial charge >= 0.3 is 0 Å². The average molecular weight is 288 g/mol. The van der Waals surface area contributed by atoms with Crippen LogP contribution in [0.4, 0.5) is 0 Å². The predicted molar refractivity (Wildman–Crippen MR) is 85.0 cm³/mol. The third-order valence-corrected chi connectivity index (χ3v) is 5.04. The molecule has 0 amide bonds. The highest BCUT2D eigenvalue weighted by Gasteiger charge is 2.13. The number of nitrogens with one attached hydrogen (secondary N) is 1. The van der Waals surface area contributed by atoms with E-state index < -0.39 is 0 Å². The maximum absolute atomic E-state index is 4.78. The third kappa shape index (κ3) is 2.43. The van der Waals surface area contributed by atoms with Gasteiger partial charge in [0.05, 0.1) is 5.69 Å². The molecule has 0 saturated heterocycles. The van der Waals surface area contributed by atoms with Gasteiger partial charge in [-0.1, -0.05) is 25.1 Å². The van der Waals surface area contributed by atoms with Gasteiger partial charge in [0.2, 0.25) is 0 Å². The Morgan fingerprint density at radius 2 is 2.05 bits per heavy atom. The highest BCUT2D eigenvalue weighted by atomic mass is 32.1. The number of nitrogens with zero attached hydrogens (tertiary/aromatic N) is 1. The fraction of sp³-hybridized carbons (Fsp3) is 0.267. The molecule has 1 atom stereocenters. The van der Waals surface area contributed by atoms with Crippen molar-refractivity contribution < 1.29 is 0 Å². The summed E-state index contributed by atoms with van der Waals surface area (Å²) in [6.07, 6.45) is 0. The SMILES string of the molecule is CCNC(C)c1csc(-c2csc3ccccc23)n1. The molecule has 2 heterocycles. The van der Waals surface area contributed by atoms with Crippen molar-refractivity contribution in [2.45, 2.75) is 19.9 Å². The van der Waals surface area contributed by atoms with Crippen LogP contribution in [0, 0.1) is 0 Å². The maximum atomic E-state index is 4.78. The second-order valence-corrected chi connectivity index (χ2v) is 6.27. The summed E-state index contributed by atoms with van der Waals surface area (Å²) >= 11 is 3.52. The van der Waals surface area contributed by atoms with Gasteiger partial charge in [-0.15, -0.1) is 22.7 Å². The first-order valence-electron chi connectivity index (χ1n) is 6.45. The van der Waals surface area contributed by atoms with Crippen molar-refractivity contribution in [2.24, 2.45) is 0 Å². The molecular formula is C15H16N2S2. The third-order valence-electron chi connectivity index (χ3n) is 3.19. The van der Waals surface area contributed by atoms with Crippen LogP contribution in [0.5, 0.6) is 0 Å². The van der Waals surface area contributed by atoms with E-state index in [0.29, 0.717) is 6.04 Å². The summed E-state index contributed by atoms with van der Waals surface area (Å²) in [5.41, 5.74) is 2.40. The minimum absolute atomic E-state index is 0.319. The molecule has 0 aliphatic rings. The van der Waals surface area contributed by atoms with E-state index in [2.05, 4.69) is 54.2 Å². The minimum atomic E-state index is 0.319. The molecule has 1 aromatic carbocycles. The van der Waals surface area contributed by atoms with Gasteiger partial charge < -0.3 is 5.32 Å². The van der Waals surface area contributed by atoms with Gasteiger partial charge in [0.15, 0.2) is 0 Å². The minimum Gasteiger partial charge on any atom is -0.309 e. The van der Waals surface area contributed by atoms with Gasteiger partial charge in [0.25, 0.3) is 0 Å². The second-order valence-electron chi connectivity index (χ2n) is 4.50. The fourth-order valence-electron chi connectivity index (χ4n) is 2.16. The Balaban J connectivity index is 1.98. The largest absolute Gasteiger partial charge is 0.309 e. The van der Waals surface area contributed by atoms with Crippen LogP contribution in [0.3, 0.4) is 0 Å². The summed E-state index contributed by atoms with van der Waals surface area (Å²) in [4.78, 5) is 4.78. The molecule has 0 aliphatic carbocycles. The summed E-state index contributed by atoms with van der Waals surface area (Å²) in [7, 11) is 0. The molecule has 0 bridgehead atoms. The van der Waals surface area contributed by atoms with E-state index in [1.807, 2.05) is 0 Å². The van der Waals surface area contributed by atoms with E-state index in [0.717, 1.165) is 17.2 Å². The fourth-order valence-corrected chi connectivity index (χ4v) is 4.13. The Labute approximate surface area is 121 Å². The van der Waals surface area contributed by atoms with Gasteiger partial charge in [-0.3, -0.25) is 0 Å². The molecule has 1 unspecified atom stereocenters. The van der Waals surface area contributed by atoms with Gasteiger partial charge in [-0.05, 0) is 19.5 Å². The zero-order valence-electron chi connectivity index (χ0n) is 11.0. The molecule has 98 valence electrons. The Morgan fingerprint density at radius 1 is 1.21 bits per heavy atom. The molecule has 3 aromatic rings. The zero-order chi connectivity index (χ0) is 13.2. The van der Waals surface area contributed by atoms with Crippen LogP contribution in [0.1, 0.15) is 25.6 Å². The molecule has 0 aliphatic heterocycles. The van der Waals surface area contributed by atoms with E-state index in [1.165, 1.54) is 15.6 Å². The van der Waals surface area contributed by atoms with Crippen molar-refractivity contribution in [3.05, 3.63) is 40.7 Å². The Bertz CT molecular complexity index is 684. The lowest BCUT2D eigenvalue weighted by atomic mass is 10.2. The molecule has 2 aromatic heterocycles. The maximum Gasteiger partial charge on any atom is 0.125 e. The van der Waals surface area contributed by atoms with Crippen LogP contribution in [0.15, 0.2) is 35.0 Å². The van der Waals surface area contributed by atoms with Gasteiger partial charge in [-0.2, -0.15) is 0 Å². The highest BCUT2D eigenvalue weighted by Crippen LogP contribution is 2.35. The van der Waals surface area contributed by atoms with E-state index in [9.17, 15) is 0 Å². The van der Waals surface area contributed by atoms with E-state index in [-0.39, 0.29) is 0 Å². The zero-order valence-corrected chi connectivity index (χ0v) is 12.6. The van der Waals surface area contributed by atoms with Crippen LogP contribution in [0.25, 0.3) is 20.7 Å². The lowest BCUT2D eigenvalue weighted by molar-refractivity contribution is 0.587. The van der Waals surface area contributed by atoms with Crippen molar-refractivity contribution >= 4 is 32.8 Å². The van der Waals surface area contributed by atoms with Crippen molar-refractivity contribution in [3.63, 3.8) is 0 Å². The molecule has 0 spiro atoms. The molecule has 0 saturated carbocycles. The van der Waals surface area contributed by atoms with Crippen molar-refractivity contribution in [3.8, 4) is 10.6 Å². The van der Waals surface area contributed by atoms with E-state index >= 15 is 0 Å². The summed E-state index contributed by atoms with van der Waals surface area (Å²) < 4.78 is 1.33. The smallest absolute Gasteiger partial charge is 0.125 e. The Morgan fingerprint density at radius 3 is 2.89 bits per heavy atom. The quantitative estimate of drug-likeness (QED) is 0.753. The molecule has 2 nitrogen and oxygen atoms in total. The van der Waals surface area contributed by atoms with E-state index in [1.54, 1.807) is 22.7 Å². The molecule has 19 heavy (non-hydrogen) atoms. The lowest BCUT2D eigenvalue weighted by Gasteiger charge is -2.08. The van der Waals surface area contributed by atoms with Gasteiger partial charge in [0.1, 0.15) is 5.01 Å². The number of rotatable bonds is 4. The molecule has 0 radical (unpaired) electrons. The topological polar surface area (TPSA) is 24.9 Å². The van der Waals surface area contributed by atoms with E-state index in [4.69, 9.17) is 4.98 Å². The number of benzene rings is 1. The standard InChI is InChI=1S/C15H16N2S2/c1-3-16-10(2)13-9-19-15(17-13)12-8-18-14-7-5-4-6-11(12)14/h4-10,16H,3H2,1-2H3. The van der Waals surface area contributed by atoms with Crippen molar-refractivity contribution in [2.75, 3.05) is 6.54 Å². The molecule has 3 rings (SSSR count). The van der Waals surface area contributed by atoms with Crippen molar-refractivity contribution in [1.82, 2.24) is 10.3 Å². The molecule has 1 N–H and O–H groups in total. The van der Waals surface area contributed by atoms with Crippen LogP contribution in [-0.4, -0.2) is 11.5 Å². The second kappa shape index (κ2) is 5.41. The Kier molecular flexibility index (Phi) is 3.64. The molecule has 0 fully saturated rings. The monoisotopic (exact) mass is 288 g/mol. The first-order chi connectivity index (χ1) is 9.29. The first-order valence-corrected chi connectivity index (χ1v) is 8.21. The number of hydrogen-bond donors (Lipinski definition) is 1.